The van der Waals surface area contributed by atoms with Gasteiger partial charge in [-0.1, -0.05) is 41.9 Å². The lowest BCUT2D eigenvalue weighted by molar-refractivity contribution is -0.121. The first kappa shape index (κ1) is 16.9. The summed E-state index contributed by atoms with van der Waals surface area (Å²) in [6, 6.07) is 15.7. The van der Waals surface area contributed by atoms with Gasteiger partial charge in [0.15, 0.2) is 0 Å². The molecule has 0 fully saturated rings. The Labute approximate surface area is 150 Å². The van der Waals surface area contributed by atoms with E-state index >= 15 is 0 Å². The number of nitrogens with one attached hydrogen (secondary N) is 1. The Bertz CT molecular complexity index is 798. The first-order chi connectivity index (χ1) is 11.7. The van der Waals surface area contributed by atoms with E-state index in [4.69, 9.17) is 11.6 Å². The molecule has 2 aromatic carbocycles. The third-order valence-electron chi connectivity index (χ3n) is 3.82. The van der Waals surface area contributed by atoms with Gasteiger partial charge in [0.25, 0.3) is 0 Å². The molecule has 0 aliphatic heterocycles. The summed E-state index contributed by atoms with van der Waals surface area (Å²) in [6.07, 6.45) is 3.30. The fraction of sp³-hybridized carbons (Fsp3) is 0.263. The predicted octanol–water partition coefficient (Wildman–Crippen LogP) is 4.98. The van der Waals surface area contributed by atoms with E-state index in [1.54, 1.807) is 11.3 Å². The molecular weight excluding hydrogens is 340 g/mol. The van der Waals surface area contributed by atoms with Crippen molar-refractivity contribution in [3.63, 3.8) is 0 Å². The maximum absolute atomic E-state index is 11.9. The third-order valence-corrected chi connectivity index (χ3v) is 5.28. The van der Waals surface area contributed by atoms with Crippen LogP contribution in [0.2, 0.25) is 5.02 Å². The van der Waals surface area contributed by atoms with E-state index in [1.807, 2.05) is 42.5 Å². The summed E-state index contributed by atoms with van der Waals surface area (Å²) < 4.78 is 1.23. The topological polar surface area (TPSA) is 42.0 Å². The number of carbonyl (C=O) groups is 1. The van der Waals surface area contributed by atoms with Crippen LogP contribution in [0.5, 0.6) is 0 Å². The van der Waals surface area contributed by atoms with Crippen LogP contribution in [0.25, 0.3) is 10.2 Å². The highest BCUT2D eigenvalue weighted by molar-refractivity contribution is 7.18. The Morgan fingerprint density at radius 3 is 2.71 bits per heavy atom. The first-order valence-corrected chi connectivity index (χ1v) is 9.26. The summed E-state index contributed by atoms with van der Waals surface area (Å²) in [4.78, 5) is 16.5. The van der Waals surface area contributed by atoms with Gasteiger partial charge >= 0.3 is 0 Å². The van der Waals surface area contributed by atoms with Crippen LogP contribution in [0.4, 0.5) is 0 Å². The van der Waals surface area contributed by atoms with Gasteiger partial charge in [0.1, 0.15) is 0 Å². The van der Waals surface area contributed by atoms with Crippen molar-refractivity contribution in [3.05, 3.63) is 64.1 Å². The van der Waals surface area contributed by atoms with Gasteiger partial charge in [-0.2, -0.15) is 0 Å². The zero-order valence-electron chi connectivity index (χ0n) is 13.3. The molecule has 1 amide bonds. The summed E-state index contributed by atoms with van der Waals surface area (Å²) in [6.45, 7) is 0.483. The van der Waals surface area contributed by atoms with Crippen molar-refractivity contribution < 1.29 is 4.79 Å². The molecule has 5 heteroatoms. The minimum Gasteiger partial charge on any atom is -0.352 e. The van der Waals surface area contributed by atoms with Crippen LogP contribution in [0.15, 0.2) is 48.5 Å². The summed E-state index contributed by atoms with van der Waals surface area (Å²) in [7, 11) is 0. The number of aromatic nitrogens is 1. The molecule has 0 saturated carbocycles. The number of aryl methyl sites for hydroxylation is 1. The molecule has 3 rings (SSSR count). The summed E-state index contributed by atoms with van der Waals surface area (Å²) >= 11 is 7.82. The third kappa shape index (κ3) is 4.56. The van der Waals surface area contributed by atoms with Crippen molar-refractivity contribution >= 4 is 39.1 Å². The number of nitrogens with zero attached hydrogens (tertiary/aromatic N) is 1. The fourth-order valence-electron chi connectivity index (χ4n) is 2.51. The van der Waals surface area contributed by atoms with Crippen LogP contribution in [0.1, 0.15) is 29.8 Å². The maximum atomic E-state index is 11.9. The number of hydrogen-bond donors (Lipinski definition) is 1. The van der Waals surface area contributed by atoms with Crippen molar-refractivity contribution in [2.45, 2.75) is 32.2 Å². The van der Waals surface area contributed by atoms with Crippen molar-refractivity contribution in [2.24, 2.45) is 0 Å². The van der Waals surface area contributed by atoms with Crippen LogP contribution >= 0.6 is 22.9 Å². The average Bonchev–Trinajstić information content (AvgIpc) is 3.01. The molecule has 1 N–H and O–H groups in total. The van der Waals surface area contributed by atoms with Gasteiger partial charge in [-0.15, -0.1) is 11.3 Å². The van der Waals surface area contributed by atoms with Gasteiger partial charge in [-0.25, -0.2) is 4.98 Å². The number of amides is 1. The second-order valence-electron chi connectivity index (χ2n) is 5.65. The fourth-order valence-corrected chi connectivity index (χ4v) is 3.72. The normalized spacial score (nSPS) is 10.9. The van der Waals surface area contributed by atoms with Crippen molar-refractivity contribution in [3.8, 4) is 0 Å². The number of benzene rings is 2. The van der Waals surface area contributed by atoms with Gasteiger partial charge in [-0.05, 0) is 43.0 Å². The highest BCUT2D eigenvalue weighted by atomic mass is 35.5. The Morgan fingerprint density at radius 1 is 1.08 bits per heavy atom. The number of carbonyl (C=O) groups excluding carboxylic acids is 1. The molecule has 1 heterocycles. The molecule has 1 aromatic heterocycles. The van der Waals surface area contributed by atoms with Crippen LogP contribution in [0, 0.1) is 0 Å². The van der Waals surface area contributed by atoms with Gasteiger partial charge in [-0.3, -0.25) is 4.79 Å². The van der Waals surface area contributed by atoms with Crippen LogP contribution < -0.4 is 5.32 Å². The molecule has 0 saturated heterocycles. The molecule has 0 unspecified atom stereocenters. The second kappa shape index (κ2) is 8.27. The maximum Gasteiger partial charge on any atom is 0.220 e. The molecule has 3 aromatic rings. The van der Waals surface area contributed by atoms with E-state index < -0.39 is 0 Å². The average molecular weight is 359 g/mol. The highest BCUT2D eigenvalue weighted by Gasteiger charge is 2.06. The Morgan fingerprint density at radius 2 is 1.88 bits per heavy atom. The molecule has 0 spiro atoms. The number of rotatable bonds is 7. The number of fused-ring (bicyclic) bond motifs is 1. The largest absolute Gasteiger partial charge is 0.352 e. The minimum absolute atomic E-state index is 0.0687. The second-order valence-corrected chi connectivity index (χ2v) is 7.17. The van der Waals surface area contributed by atoms with Gasteiger partial charge in [0.05, 0.1) is 15.2 Å². The molecule has 24 heavy (non-hydrogen) atoms. The van der Waals surface area contributed by atoms with Crippen LogP contribution in [-0.4, -0.2) is 10.9 Å². The minimum atomic E-state index is 0.0687. The van der Waals surface area contributed by atoms with E-state index in [9.17, 15) is 4.79 Å². The molecule has 3 nitrogen and oxygen atoms in total. The lowest BCUT2D eigenvalue weighted by Crippen LogP contribution is -2.22. The lowest BCUT2D eigenvalue weighted by Gasteiger charge is -2.06. The van der Waals surface area contributed by atoms with Crippen LogP contribution in [-0.2, 0) is 17.8 Å². The van der Waals surface area contributed by atoms with Crippen LogP contribution in [0.3, 0.4) is 0 Å². The van der Waals surface area contributed by atoms with Crippen molar-refractivity contribution in [1.82, 2.24) is 10.3 Å². The summed E-state index contributed by atoms with van der Waals surface area (Å²) in [5.74, 6) is 0.0687. The zero-order chi connectivity index (χ0) is 16.8. The van der Waals surface area contributed by atoms with Crippen molar-refractivity contribution in [2.75, 3.05) is 0 Å². The smallest absolute Gasteiger partial charge is 0.220 e. The van der Waals surface area contributed by atoms with E-state index in [-0.39, 0.29) is 5.91 Å². The number of hydrogen-bond acceptors (Lipinski definition) is 3. The van der Waals surface area contributed by atoms with Crippen molar-refractivity contribution in [1.29, 1.82) is 0 Å². The SMILES string of the molecule is O=C(CCCCc1nc2ccccc2s1)NCc1ccccc1Cl. The predicted molar refractivity (Wildman–Crippen MR) is 100 cm³/mol. The number of unbranched alkanes of at least 4 members (excludes halogenated alkanes) is 1. The van der Waals surface area contributed by atoms with Gasteiger partial charge < -0.3 is 5.32 Å². The van der Waals surface area contributed by atoms with E-state index in [0.29, 0.717) is 18.0 Å². The number of halogens is 1. The first-order valence-electron chi connectivity index (χ1n) is 8.07. The van der Waals surface area contributed by atoms with E-state index in [0.717, 1.165) is 35.4 Å². The Hall–Kier alpha value is -1.91. The molecule has 0 radical (unpaired) electrons. The molecule has 0 atom stereocenters. The standard InChI is InChI=1S/C19H19ClN2OS/c20-15-8-2-1-7-14(15)13-21-18(23)11-5-6-12-19-22-16-9-3-4-10-17(16)24-19/h1-4,7-10H,5-6,11-13H2,(H,21,23). The molecule has 0 aliphatic rings. The molecule has 0 bridgehead atoms. The van der Waals surface area contributed by atoms with Gasteiger partial charge in [0.2, 0.25) is 5.91 Å². The number of thiazole rings is 1. The molecular formula is C19H19ClN2OS. The number of para-hydroxylation sites is 1. The summed E-state index contributed by atoms with van der Waals surface area (Å²) in [5.41, 5.74) is 2.01. The van der Waals surface area contributed by atoms with Gasteiger partial charge in [0, 0.05) is 18.0 Å². The quantitative estimate of drug-likeness (QED) is 0.605. The van der Waals surface area contributed by atoms with E-state index in [1.165, 1.54) is 4.70 Å². The Kier molecular flexibility index (Phi) is 5.83. The molecule has 124 valence electrons. The Balaban J connectivity index is 1.38. The monoisotopic (exact) mass is 358 g/mol. The zero-order valence-corrected chi connectivity index (χ0v) is 14.9. The highest BCUT2D eigenvalue weighted by Crippen LogP contribution is 2.22. The van der Waals surface area contributed by atoms with E-state index in [2.05, 4.69) is 16.4 Å². The lowest BCUT2D eigenvalue weighted by atomic mass is 10.2. The summed E-state index contributed by atoms with van der Waals surface area (Å²) in [5, 5.41) is 4.76. The molecule has 0 aliphatic carbocycles.